The molecule has 0 spiro atoms. The van der Waals surface area contributed by atoms with Gasteiger partial charge >= 0.3 is 0 Å². The summed E-state index contributed by atoms with van der Waals surface area (Å²) in [5, 5.41) is 11.7. The van der Waals surface area contributed by atoms with E-state index in [4.69, 9.17) is 4.74 Å². The van der Waals surface area contributed by atoms with Crippen LogP contribution in [-0.2, 0) is 14.8 Å². The summed E-state index contributed by atoms with van der Waals surface area (Å²) in [7, 11) is -1.72. The zero-order chi connectivity index (χ0) is 19.8. The van der Waals surface area contributed by atoms with Crippen molar-refractivity contribution in [2.45, 2.75) is 31.0 Å². The van der Waals surface area contributed by atoms with Gasteiger partial charge < -0.3 is 14.5 Å². The molecule has 0 radical (unpaired) electrons. The number of nitro benzene ring substituents is 1. The first kappa shape index (κ1) is 20.0. The highest BCUT2D eigenvalue weighted by molar-refractivity contribution is 7.89. The first-order valence-corrected chi connectivity index (χ1v) is 10.6. The number of anilines is 1. The number of hydrogen-bond donors (Lipinski definition) is 1. The molecule has 1 N–H and O–H groups in total. The number of morpholine rings is 1. The molecule has 2 saturated heterocycles. The average Bonchev–Trinajstić information content (AvgIpc) is 2.60. The summed E-state index contributed by atoms with van der Waals surface area (Å²) in [6.45, 7) is 7.18. The Morgan fingerprint density at radius 2 is 1.78 bits per heavy atom. The van der Waals surface area contributed by atoms with Gasteiger partial charge in [-0.25, -0.2) is 8.42 Å². The number of piperazine rings is 1. The minimum Gasteiger partial charge on any atom is -0.372 e. The largest absolute Gasteiger partial charge is 0.372 e. The molecular weight excluding hydrogens is 372 g/mol. The van der Waals surface area contributed by atoms with Gasteiger partial charge in [0.2, 0.25) is 10.0 Å². The molecule has 2 heterocycles. The smallest absolute Gasteiger partial charge is 0.293 e. The summed E-state index contributed by atoms with van der Waals surface area (Å²) in [4.78, 5) is 14.3. The van der Waals surface area contributed by atoms with Crippen LogP contribution >= 0.6 is 0 Å². The first-order chi connectivity index (χ1) is 12.7. The molecule has 10 heteroatoms. The summed E-state index contributed by atoms with van der Waals surface area (Å²) in [6, 6.07) is 4.23. The number of rotatable bonds is 4. The fourth-order valence-corrected chi connectivity index (χ4v) is 5.17. The van der Waals surface area contributed by atoms with Crippen LogP contribution in [0.15, 0.2) is 23.1 Å². The monoisotopic (exact) mass is 399 g/mol. The van der Waals surface area contributed by atoms with Crippen LogP contribution in [0.2, 0.25) is 0 Å². The molecule has 0 aromatic heterocycles. The van der Waals surface area contributed by atoms with Gasteiger partial charge in [0, 0.05) is 19.2 Å². The highest BCUT2D eigenvalue weighted by atomic mass is 32.2. The molecule has 3 rings (SSSR count). The van der Waals surface area contributed by atoms with Gasteiger partial charge in [-0.3, -0.25) is 10.1 Å². The van der Waals surface area contributed by atoms with Crippen molar-refractivity contribution in [3.05, 3.63) is 28.3 Å². The molecule has 0 aliphatic carbocycles. The molecule has 0 bridgehead atoms. The van der Waals surface area contributed by atoms with Crippen molar-refractivity contribution < 1.29 is 23.0 Å². The van der Waals surface area contributed by atoms with E-state index in [0.717, 1.165) is 13.1 Å². The van der Waals surface area contributed by atoms with Gasteiger partial charge in [-0.15, -0.1) is 0 Å². The highest BCUT2D eigenvalue weighted by Gasteiger charge is 2.33. The van der Waals surface area contributed by atoms with Crippen molar-refractivity contribution in [3.8, 4) is 0 Å². The van der Waals surface area contributed by atoms with E-state index in [2.05, 4.69) is 0 Å². The number of nitro groups is 1. The molecule has 2 aliphatic heterocycles. The third kappa shape index (κ3) is 4.23. The SMILES string of the molecule is C[C@@H]1CN(c2ccc(S(=O)(=O)N3CC[NH+](C)CC3)cc2[N+](=O)[O-])C[C@H](C)O1. The van der Waals surface area contributed by atoms with Crippen LogP contribution in [0.1, 0.15) is 13.8 Å². The summed E-state index contributed by atoms with van der Waals surface area (Å²) in [5.74, 6) is 0. The van der Waals surface area contributed by atoms with Gasteiger partial charge in [0.1, 0.15) is 5.69 Å². The molecule has 0 unspecified atom stereocenters. The normalized spacial score (nSPS) is 25.5. The maximum absolute atomic E-state index is 12.9. The Bertz CT molecular complexity index is 798. The molecular formula is C17H27N4O5S+. The van der Waals surface area contributed by atoms with Gasteiger partial charge in [0.25, 0.3) is 5.69 Å². The van der Waals surface area contributed by atoms with E-state index >= 15 is 0 Å². The van der Waals surface area contributed by atoms with Crippen molar-refractivity contribution in [1.29, 1.82) is 0 Å². The molecule has 27 heavy (non-hydrogen) atoms. The number of hydrogen-bond acceptors (Lipinski definition) is 6. The Hall–Kier alpha value is -1.75. The van der Waals surface area contributed by atoms with Crippen LogP contribution < -0.4 is 9.80 Å². The lowest BCUT2D eigenvalue weighted by atomic mass is 10.2. The lowest BCUT2D eigenvalue weighted by Gasteiger charge is -2.36. The summed E-state index contributed by atoms with van der Waals surface area (Å²) >= 11 is 0. The third-order valence-corrected chi connectivity index (χ3v) is 7.01. The van der Waals surface area contributed by atoms with Gasteiger partial charge in [-0.2, -0.15) is 4.31 Å². The van der Waals surface area contributed by atoms with E-state index in [1.54, 1.807) is 6.07 Å². The minimum absolute atomic E-state index is 0.0214. The standard InChI is InChI=1S/C17H26N4O5S/c1-13-11-19(12-14(2)26-13)16-5-4-15(10-17(16)21(22)23)27(24,25)20-8-6-18(3)7-9-20/h4-5,10,13-14H,6-9,11-12H2,1-3H3/p+1/t13-,14+. The minimum atomic E-state index is -3.74. The number of nitrogens with one attached hydrogen (secondary N) is 1. The second-order valence-electron chi connectivity index (χ2n) is 7.43. The molecule has 9 nitrogen and oxygen atoms in total. The molecule has 2 fully saturated rings. The zero-order valence-corrected chi connectivity index (χ0v) is 16.7. The van der Waals surface area contributed by atoms with Crippen LogP contribution in [0, 0.1) is 10.1 Å². The Morgan fingerprint density at radius 1 is 1.19 bits per heavy atom. The van der Waals surface area contributed by atoms with Crippen LogP contribution in [0.5, 0.6) is 0 Å². The summed E-state index contributed by atoms with van der Waals surface area (Å²) < 4.78 is 32.9. The van der Waals surface area contributed by atoms with Crippen LogP contribution in [0.4, 0.5) is 11.4 Å². The Morgan fingerprint density at radius 3 is 2.33 bits per heavy atom. The molecule has 1 aromatic carbocycles. The van der Waals surface area contributed by atoms with E-state index in [0.29, 0.717) is 31.9 Å². The number of ether oxygens (including phenoxy) is 1. The number of nitrogens with zero attached hydrogens (tertiary/aromatic N) is 3. The zero-order valence-electron chi connectivity index (χ0n) is 15.9. The Labute approximate surface area is 159 Å². The van der Waals surface area contributed by atoms with Crippen LogP contribution in [-0.4, -0.2) is 76.2 Å². The topological polar surface area (TPSA) is 97.4 Å². The Kier molecular flexibility index (Phi) is 5.71. The second-order valence-corrected chi connectivity index (χ2v) is 9.37. The van der Waals surface area contributed by atoms with E-state index < -0.39 is 14.9 Å². The van der Waals surface area contributed by atoms with Gasteiger partial charge in [0.15, 0.2) is 0 Å². The fourth-order valence-electron chi connectivity index (χ4n) is 3.71. The third-order valence-electron chi connectivity index (χ3n) is 5.12. The van der Waals surface area contributed by atoms with Gasteiger partial charge in [0.05, 0.1) is 55.3 Å². The molecule has 0 saturated carbocycles. The number of benzene rings is 1. The highest BCUT2D eigenvalue weighted by Crippen LogP contribution is 2.33. The van der Waals surface area contributed by atoms with E-state index in [9.17, 15) is 18.5 Å². The maximum Gasteiger partial charge on any atom is 0.293 e. The number of likely N-dealkylation sites (N-methyl/N-ethyl adjacent to an activating group) is 1. The number of sulfonamides is 1. The van der Waals surface area contributed by atoms with E-state index in [1.807, 2.05) is 25.8 Å². The van der Waals surface area contributed by atoms with Crippen molar-refractivity contribution in [1.82, 2.24) is 4.31 Å². The lowest BCUT2D eigenvalue weighted by molar-refractivity contribution is -0.883. The van der Waals surface area contributed by atoms with Crippen molar-refractivity contribution in [3.63, 3.8) is 0 Å². The van der Waals surface area contributed by atoms with Crippen molar-refractivity contribution in [2.75, 3.05) is 51.2 Å². The molecule has 0 amide bonds. The van der Waals surface area contributed by atoms with Crippen molar-refractivity contribution >= 4 is 21.4 Å². The van der Waals surface area contributed by atoms with Crippen molar-refractivity contribution in [2.24, 2.45) is 0 Å². The predicted molar refractivity (Wildman–Crippen MR) is 101 cm³/mol. The lowest BCUT2D eigenvalue weighted by Crippen LogP contribution is -3.12. The van der Waals surface area contributed by atoms with E-state index in [1.165, 1.54) is 21.3 Å². The summed E-state index contributed by atoms with van der Waals surface area (Å²) in [6.07, 6.45) is -0.103. The van der Waals surface area contributed by atoms with Crippen LogP contribution in [0.3, 0.4) is 0 Å². The molecule has 2 aliphatic rings. The maximum atomic E-state index is 12.9. The molecule has 150 valence electrons. The predicted octanol–water partition coefficient (Wildman–Crippen LogP) is -0.273. The second kappa shape index (κ2) is 7.70. The van der Waals surface area contributed by atoms with Gasteiger partial charge in [-0.05, 0) is 26.0 Å². The van der Waals surface area contributed by atoms with Crippen LogP contribution in [0.25, 0.3) is 0 Å². The Balaban J connectivity index is 1.93. The molecule has 2 atom stereocenters. The van der Waals surface area contributed by atoms with E-state index in [-0.39, 0.29) is 22.8 Å². The van der Waals surface area contributed by atoms with Gasteiger partial charge in [-0.1, -0.05) is 0 Å². The first-order valence-electron chi connectivity index (χ1n) is 9.19. The summed E-state index contributed by atoms with van der Waals surface area (Å²) in [5.41, 5.74) is 0.251. The fraction of sp³-hybridized carbons (Fsp3) is 0.647. The number of quaternary nitrogens is 1. The quantitative estimate of drug-likeness (QED) is 0.553. The molecule has 1 aromatic rings. The average molecular weight is 399 g/mol.